The molecule has 4 heteroatoms. The van der Waals surface area contributed by atoms with Gasteiger partial charge in [-0.2, -0.15) is 0 Å². The van der Waals surface area contributed by atoms with Gasteiger partial charge >= 0.3 is 0 Å². The van der Waals surface area contributed by atoms with E-state index >= 15 is 0 Å². The maximum Gasteiger partial charge on any atom is 0.165 e. The van der Waals surface area contributed by atoms with Crippen LogP contribution >= 0.6 is 27.5 Å². The van der Waals surface area contributed by atoms with Crippen molar-refractivity contribution in [3.8, 4) is 5.75 Å². The summed E-state index contributed by atoms with van der Waals surface area (Å²) in [4.78, 5) is 11.3. The molecule has 0 aromatic heterocycles. The maximum absolute atomic E-state index is 11.3. The third-order valence-electron chi connectivity index (χ3n) is 1.70. The van der Waals surface area contributed by atoms with Gasteiger partial charge in [-0.15, -0.1) is 0 Å². The maximum atomic E-state index is 11.3. The summed E-state index contributed by atoms with van der Waals surface area (Å²) in [6, 6.07) is 3.44. The summed E-state index contributed by atoms with van der Waals surface area (Å²) >= 11 is 9.23. The van der Waals surface area contributed by atoms with E-state index in [2.05, 4.69) is 15.9 Å². The number of halogens is 2. The SMILES string of the molecule is CCOc1c(Br)ccc(Cl)c1C(C)=O. The normalized spacial score (nSPS) is 10.0. The van der Waals surface area contributed by atoms with Gasteiger partial charge in [-0.25, -0.2) is 0 Å². The number of carbonyl (C=O) groups excluding carboxylic acids is 1. The smallest absolute Gasteiger partial charge is 0.165 e. The fourth-order valence-corrected chi connectivity index (χ4v) is 1.87. The first-order chi connectivity index (χ1) is 6.57. The molecule has 0 spiro atoms. The molecule has 0 aliphatic heterocycles. The van der Waals surface area contributed by atoms with Crippen LogP contribution in [0, 0.1) is 0 Å². The lowest BCUT2D eigenvalue weighted by molar-refractivity contribution is 0.101. The monoisotopic (exact) mass is 276 g/mol. The number of benzene rings is 1. The van der Waals surface area contributed by atoms with Crippen molar-refractivity contribution < 1.29 is 9.53 Å². The third-order valence-corrected chi connectivity index (χ3v) is 2.64. The van der Waals surface area contributed by atoms with Crippen molar-refractivity contribution in [1.29, 1.82) is 0 Å². The van der Waals surface area contributed by atoms with Crippen LogP contribution in [0.4, 0.5) is 0 Å². The lowest BCUT2D eigenvalue weighted by Gasteiger charge is -2.11. The Morgan fingerprint density at radius 1 is 1.57 bits per heavy atom. The highest BCUT2D eigenvalue weighted by atomic mass is 79.9. The molecule has 2 nitrogen and oxygen atoms in total. The van der Waals surface area contributed by atoms with Crippen LogP contribution in [0.5, 0.6) is 5.75 Å². The molecule has 0 saturated carbocycles. The standard InChI is InChI=1S/C10H10BrClO2/c1-3-14-10-7(11)4-5-8(12)9(10)6(2)13/h4-5H,3H2,1-2H3. The zero-order chi connectivity index (χ0) is 10.7. The van der Waals surface area contributed by atoms with E-state index in [9.17, 15) is 4.79 Å². The lowest BCUT2D eigenvalue weighted by atomic mass is 10.1. The van der Waals surface area contributed by atoms with Crippen molar-refractivity contribution in [2.75, 3.05) is 6.61 Å². The number of Topliss-reactive ketones (excluding diaryl/α,β-unsaturated/α-hetero) is 1. The van der Waals surface area contributed by atoms with Crippen LogP contribution in [0.15, 0.2) is 16.6 Å². The van der Waals surface area contributed by atoms with Gasteiger partial charge in [-0.1, -0.05) is 11.6 Å². The molecule has 1 aromatic carbocycles. The summed E-state index contributed by atoms with van der Waals surface area (Å²) in [6.07, 6.45) is 0. The fourth-order valence-electron chi connectivity index (χ4n) is 1.15. The second-order valence-corrected chi connectivity index (χ2v) is 3.98. The number of rotatable bonds is 3. The van der Waals surface area contributed by atoms with Crippen LogP contribution in [0.2, 0.25) is 5.02 Å². The first-order valence-corrected chi connectivity index (χ1v) is 5.36. The number of ether oxygens (including phenoxy) is 1. The van der Waals surface area contributed by atoms with Crippen LogP contribution in [0.25, 0.3) is 0 Å². The van der Waals surface area contributed by atoms with E-state index in [-0.39, 0.29) is 5.78 Å². The molecule has 0 N–H and O–H groups in total. The summed E-state index contributed by atoms with van der Waals surface area (Å²) < 4.78 is 6.10. The van der Waals surface area contributed by atoms with Gasteiger partial charge < -0.3 is 4.74 Å². The van der Waals surface area contributed by atoms with Gasteiger partial charge in [0.15, 0.2) is 5.78 Å². The Labute approximate surface area is 96.3 Å². The van der Waals surface area contributed by atoms with Crippen LogP contribution in [-0.4, -0.2) is 12.4 Å². The van der Waals surface area contributed by atoms with Crippen molar-refractivity contribution in [3.05, 3.63) is 27.2 Å². The average molecular weight is 278 g/mol. The molecule has 0 heterocycles. The minimum atomic E-state index is -0.0975. The number of hydrogen-bond acceptors (Lipinski definition) is 2. The summed E-state index contributed by atoms with van der Waals surface area (Å²) in [5.41, 5.74) is 0.433. The minimum absolute atomic E-state index is 0.0975. The van der Waals surface area contributed by atoms with Crippen molar-refractivity contribution in [1.82, 2.24) is 0 Å². The van der Waals surface area contributed by atoms with Crippen molar-refractivity contribution >= 4 is 33.3 Å². The molecule has 76 valence electrons. The van der Waals surface area contributed by atoms with E-state index in [0.29, 0.717) is 22.9 Å². The van der Waals surface area contributed by atoms with E-state index in [1.165, 1.54) is 6.92 Å². The van der Waals surface area contributed by atoms with Gasteiger partial charge in [0.1, 0.15) is 5.75 Å². The molecule has 0 radical (unpaired) electrons. The predicted molar refractivity (Wildman–Crippen MR) is 60.3 cm³/mol. The van der Waals surface area contributed by atoms with Crippen molar-refractivity contribution in [2.24, 2.45) is 0 Å². The van der Waals surface area contributed by atoms with Crippen molar-refractivity contribution in [2.45, 2.75) is 13.8 Å². The predicted octanol–water partition coefficient (Wildman–Crippen LogP) is 3.70. The molecule has 0 aliphatic carbocycles. The summed E-state index contributed by atoms with van der Waals surface area (Å²) in [6.45, 7) is 3.83. The van der Waals surface area contributed by atoms with Crippen LogP contribution in [0.1, 0.15) is 24.2 Å². The van der Waals surface area contributed by atoms with Crippen LogP contribution in [-0.2, 0) is 0 Å². The molecule has 0 aliphatic rings. The molecular weight excluding hydrogens is 267 g/mol. The Hall–Kier alpha value is -0.540. The summed E-state index contributed by atoms with van der Waals surface area (Å²) in [7, 11) is 0. The van der Waals surface area contributed by atoms with Crippen LogP contribution in [0.3, 0.4) is 0 Å². The Morgan fingerprint density at radius 2 is 2.21 bits per heavy atom. The number of hydrogen-bond donors (Lipinski definition) is 0. The van der Waals surface area contributed by atoms with E-state index < -0.39 is 0 Å². The average Bonchev–Trinajstić information content (AvgIpc) is 2.11. The molecule has 0 atom stereocenters. The number of ketones is 1. The quantitative estimate of drug-likeness (QED) is 0.787. The molecule has 14 heavy (non-hydrogen) atoms. The molecule has 0 unspecified atom stereocenters. The van der Waals surface area contributed by atoms with Crippen molar-refractivity contribution in [3.63, 3.8) is 0 Å². The Bertz CT molecular complexity index is 363. The molecular formula is C10H10BrClO2. The van der Waals surface area contributed by atoms with Gasteiger partial charge in [0.25, 0.3) is 0 Å². The topological polar surface area (TPSA) is 26.3 Å². The highest BCUT2D eigenvalue weighted by Crippen LogP contribution is 2.34. The van der Waals surface area contributed by atoms with E-state index in [1.807, 2.05) is 6.92 Å². The van der Waals surface area contributed by atoms with Crippen LogP contribution < -0.4 is 4.74 Å². The van der Waals surface area contributed by atoms with Gasteiger partial charge in [0.05, 0.1) is 21.7 Å². The van der Waals surface area contributed by atoms with Gasteiger partial charge in [-0.05, 0) is 41.9 Å². The van der Waals surface area contributed by atoms with Gasteiger partial charge in [0.2, 0.25) is 0 Å². The molecule has 0 amide bonds. The largest absolute Gasteiger partial charge is 0.492 e. The number of carbonyl (C=O) groups is 1. The molecule has 0 bridgehead atoms. The Kier molecular flexibility index (Phi) is 3.96. The first-order valence-electron chi connectivity index (χ1n) is 4.19. The zero-order valence-electron chi connectivity index (χ0n) is 7.93. The minimum Gasteiger partial charge on any atom is -0.492 e. The van der Waals surface area contributed by atoms with Gasteiger partial charge in [-0.3, -0.25) is 4.79 Å². The Morgan fingerprint density at radius 3 is 2.71 bits per heavy atom. The van der Waals surface area contributed by atoms with E-state index in [0.717, 1.165) is 4.47 Å². The summed E-state index contributed by atoms with van der Waals surface area (Å²) in [5.74, 6) is 0.423. The third kappa shape index (κ3) is 2.28. The zero-order valence-corrected chi connectivity index (χ0v) is 10.3. The highest BCUT2D eigenvalue weighted by Gasteiger charge is 2.15. The fraction of sp³-hybridized carbons (Fsp3) is 0.300. The lowest BCUT2D eigenvalue weighted by Crippen LogP contribution is -2.02. The highest BCUT2D eigenvalue weighted by molar-refractivity contribution is 9.10. The molecule has 0 saturated heterocycles. The second kappa shape index (κ2) is 4.80. The van der Waals surface area contributed by atoms with E-state index in [1.54, 1.807) is 12.1 Å². The molecule has 1 rings (SSSR count). The summed E-state index contributed by atoms with van der Waals surface area (Å²) in [5, 5.41) is 0.421. The van der Waals surface area contributed by atoms with E-state index in [4.69, 9.17) is 16.3 Å². The Balaban J connectivity index is 3.33. The van der Waals surface area contributed by atoms with Gasteiger partial charge in [0, 0.05) is 0 Å². The molecule has 1 aromatic rings. The molecule has 0 fully saturated rings. The first kappa shape index (κ1) is 11.5. The second-order valence-electron chi connectivity index (χ2n) is 2.72.